The summed E-state index contributed by atoms with van der Waals surface area (Å²) < 4.78 is 45.9. The van der Waals surface area contributed by atoms with E-state index in [1.165, 1.54) is 17.1 Å². The highest BCUT2D eigenvalue weighted by Crippen LogP contribution is 2.36. The average Bonchev–Trinajstić information content (AvgIpc) is 3.17. The Morgan fingerprint density at radius 1 is 1.18 bits per heavy atom. The molecule has 3 rings (SSSR count). The minimum Gasteiger partial charge on any atom is -0.486 e. The molecule has 2 aromatic carbocycles. The molecule has 148 valence electrons. The first-order valence-electron chi connectivity index (χ1n) is 8.05. The van der Waals surface area contributed by atoms with Gasteiger partial charge in [0.2, 0.25) is 0 Å². The van der Waals surface area contributed by atoms with E-state index < -0.39 is 29.1 Å². The van der Waals surface area contributed by atoms with Gasteiger partial charge in [-0.2, -0.15) is 13.2 Å². The normalized spacial score (nSPS) is 13.8. The SMILES string of the molecule is CC(Oc1ccc(-n2cnnn2)cc1)C(O)Nc1ccc(Cl)c(C(F)(F)F)c1. The van der Waals surface area contributed by atoms with Crippen LogP contribution in [0, 0.1) is 0 Å². The third-order valence-electron chi connectivity index (χ3n) is 3.80. The summed E-state index contributed by atoms with van der Waals surface area (Å²) in [7, 11) is 0. The van der Waals surface area contributed by atoms with Gasteiger partial charge in [-0.25, -0.2) is 4.68 Å². The predicted molar refractivity (Wildman–Crippen MR) is 95.3 cm³/mol. The van der Waals surface area contributed by atoms with Crippen molar-refractivity contribution in [3.8, 4) is 11.4 Å². The van der Waals surface area contributed by atoms with Gasteiger partial charge < -0.3 is 15.2 Å². The number of hydrogen-bond acceptors (Lipinski definition) is 6. The number of benzene rings is 2. The number of alkyl halides is 3. The number of nitrogens with zero attached hydrogens (tertiary/aromatic N) is 4. The molecule has 1 heterocycles. The molecule has 3 aromatic rings. The van der Waals surface area contributed by atoms with Crippen LogP contribution in [0.15, 0.2) is 48.8 Å². The Kier molecular flexibility index (Phi) is 5.71. The van der Waals surface area contributed by atoms with Crippen molar-refractivity contribution >= 4 is 17.3 Å². The van der Waals surface area contributed by atoms with Crippen LogP contribution in [0.4, 0.5) is 18.9 Å². The van der Waals surface area contributed by atoms with Crippen LogP contribution in [0.25, 0.3) is 5.69 Å². The number of hydrogen-bond donors (Lipinski definition) is 2. The minimum atomic E-state index is -4.59. The lowest BCUT2D eigenvalue weighted by molar-refractivity contribution is -0.137. The van der Waals surface area contributed by atoms with Gasteiger partial charge in [0.05, 0.1) is 16.3 Å². The summed E-state index contributed by atoms with van der Waals surface area (Å²) in [5.74, 6) is 0.456. The van der Waals surface area contributed by atoms with E-state index in [9.17, 15) is 18.3 Å². The molecule has 0 saturated heterocycles. The van der Waals surface area contributed by atoms with Crippen molar-refractivity contribution in [1.29, 1.82) is 0 Å². The molecule has 0 radical (unpaired) electrons. The molecular weight excluding hydrogens is 399 g/mol. The van der Waals surface area contributed by atoms with E-state index in [0.717, 1.165) is 12.1 Å². The Bertz CT molecular complexity index is 920. The number of aliphatic hydroxyl groups is 1. The van der Waals surface area contributed by atoms with Gasteiger partial charge in [0, 0.05) is 5.69 Å². The summed E-state index contributed by atoms with van der Waals surface area (Å²) in [6.07, 6.45) is -5.18. The maximum atomic E-state index is 12.9. The van der Waals surface area contributed by atoms with Gasteiger partial charge in [0.25, 0.3) is 0 Å². The highest BCUT2D eigenvalue weighted by atomic mass is 35.5. The largest absolute Gasteiger partial charge is 0.486 e. The van der Waals surface area contributed by atoms with E-state index in [1.807, 2.05) is 0 Å². The number of nitrogens with one attached hydrogen (secondary N) is 1. The fourth-order valence-corrected chi connectivity index (χ4v) is 2.58. The van der Waals surface area contributed by atoms with E-state index in [0.29, 0.717) is 11.4 Å². The Morgan fingerprint density at radius 2 is 1.89 bits per heavy atom. The van der Waals surface area contributed by atoms with E-state index in [1.54, 1.807) is 31.2 Å². The molecule has 0 fully saturated rings. The van der Waals surface area contributed by atoms with E-state index in [2.05, 4.69) is 20.8 Å². The molecule has 2 unspecified atom stereocenters. The Morgan fingerprint density at radius 3 is 2.50 bits per heavy atom. The summed E-state index contributed by atoms with van der Waals surface area (Å²) in [5.41, 5.74) is -0.212. The van der Waals surface area contributed by atoms with E-state index in [4.69, 9.17) is 16.3 Å². The maximum absolute atomic E-state index is 12.9. The molecule has 7 nitrogen and oxygen atoms in total. The van der Waals surface area contributed by atoms with Gasteiger partial charge in [-0.1, -0.05) is 11.6 Å². The molecule has 0 aliphatic carbocycles. The zero-order chi connectivity index (χ0) is 20.3. The first kappa shape index (κ1) is 19.9. The molecule has 0 saturated carbocycles. The summed E-state index contributed by atoms with van der Waals surface area (Å²) >= 11 is 5.59. The van der Waals surface area contributed by atoms with Crippen LogP contribution in [-0.2, 0) is 6.18 Å². The molecule has 0 amide bonds. The quantitative estimate of drug-likeness (QED) is 0.601. The Labute approximate surface area is 162 Å². The van der Waals surface area contributed by atoms with Gasteiger partial charge in [-0.3, -0.25) is 0 Å². The van der Waals surface area contributed by atoms with Crippen LogP contribution >= 0.6 is 11.6 Å². The highest BCUT2D eigenvalue weighted by Gasteiger charge is 2.33. The van der Waals surface area contributed by atoms with Gasteiger partial charge in [0.15, 0.2) is 6.23 Å². The lowest BCUT2D eigenvalue weighted by atomic mass is 10.2. The monoisotopic (exact) mass is 413 g/mol. The van der Waals surface area contributed by atoms with Crippen LogP contribution in [0.5, 0.6) is 5.75 Å². The first-order valence-corrected chi connectivity index (χ1v) is 8.43. The van der Waals surface area contributed by atoms with Gasteiger partial charge >= 0.3 is 6.18 Å². The summed E-state index contributed by atoms with van der Waals surface area (Å²) in [6.45, 7) is 1.58. The Hall–Kier alpha value is -2.85. The number of ether oxygens (including phenoxy) is 1. The Balaban J connectivity index is 1.64. The summed E-state index contributed by atoms with van der Waals surface area (Å²) in [4.78, 5) is 0. The number of aromatic nitrogens is 4. The van der Waals surface area contributed by atoms with Gasteiger partial charge in [0.1, 0.15) is 18.2 Å². The highest BCUT2D eigenvalue weighted by molar-refractivity contribution is 6.31. The topological polar surface area (TPSA) is 85.1 Å². The number of aliphatic hydroxyl groups excluding tert-OH is 1. The van der Waals surface area contributed by atoms with Crippen molar-refractivity contribution in [1.82, 2.24) is 20.2 Å². The summed E-state index contributed by atoms with van der Waals surface area (Å²) in [6, 6.07) is 10.0. The fourth-order valence-electron chi connectivity index (χ4n) is 2.36. The average molecular weight is 414 g/mol. The molecule has 11 heteroatoms. The summed E-state index contributed by atoms with van der Waals surface area (Å²) in [5, 5.41) is 23.2. The minimum absolute atomic E-state index is 0.0636. The van der Waals surface area contributed by atoms with Crippen molar-refractivity contribution < 1.29 is 23.0 Å². The van der Waals surface area contributed by atoms with Crippen LogP contribution in [0.3, 0.4) is 0 Å². The standard InChI is InChI=1S/C17H15ClF3N5O2/c1-10(28-13-5-3-12(4-6-13)26-9-22-24-25-26)16(27)23-11-2-7-15(18)14(8-11)17(19,20)21/h2-10,16,23,27H,1H3. The van der Waals surface area contributed by atoms with Crippen LogP contribution in [-0.4, -0.2) is 37.6 Å². The molecule has 0 aliphatic rings. The molecule has 0 bridgehead atoms. The van der Waals surface area contributed by atoms with Gasteiger partial charge in [-0.15, -0.1) is 5.10 Å². The van der Waals surface area contributed by atoms with Crippen LogP contribution < -0.4 is 10.1 Å². The van der Waals surface area contributed by atoms with Crippen LogP contribution in [0.1, 0.15) is 12.5 Å². The maximum Gasteiger partial charge on any atom is 0.417 e. The molecule has 2 N–H and O–H groups in total. The first-order chi connectivity index (χ1) is 13.2. The third-order valence-corrected chi connectivity index (χ3v) is 4.13. The number of rotatable bonds is 6. The number of halogens is 4. The molecule has 1 aromatic heterocycles. The van der Waals surface area contributed by atoms with Crippen molar-refractivity contribution in [3.63, 3.8) is 0 Å². The van der Waals surface area contributed by atoms with Crippen molar-refractivity contribution in [2.45, 2.75) is 25.4 Å². The van der Waals surface area contributed by atoms with Crippen LogP contribution in [0.2, 0.25) is 5.02 Å². The predicted octanol–water partition coefficient (Wildman–Crippen LogP) is 3.53. The molecule has 28 heavy (non-hydrogen) atoms. The number of anilines is 1. The second-order valence-corrected chi connectivity index (χ2v) is 6.26. The zero-order valence-electron chi connectivity index (χ0n) is 14.4. The fraction of sp³-hybridized carbons (Fsp3) is 0.235. The molecule has 0 aliphatic heterocycles. The van der Waals surface area contributed by atoms with Gasteiger partial charge in [-0.05, 0) is 59.8 Å². The zero-order valence-corrected chi connectivity index (χ0v) is 15.2. The van der Waals surface area contributed by atoms with E-state index >= 15 is 0 Å². The number of tetrazole rings is 1. The second kappa shape index (κ2) is 8.03. The third kappa shape index (κ3) is 4.70. The van der Waals surface area contributed by atoms with E-state index in [-0.39, 0.29) is 5.69 Å². The smallest absolute Gasteiger partial charge is 0.417 e. The van der Waals surface area contributed by atoms with Crippen molar-refractivity contribution in [3.05, 3.63) is 59.4 Å². The second-order valence-electron chi connectivity index (χ2n) is 5.85. The van der Waals surface area contributed by atoms with Crippen molar-refractivity contribution in [2.75, 3.05) is 5.32 Å². The molecular formula is C17H15ClF3N5O2. The lowest BCUT2D eigenvalue weighted by Gasteiger charge is -2.23. The lowest BCUT2D eigenvalue weighted by Crippen LogP contribution is -2.35. The molecule has 2 atom stereocenters. The molecule has 0 spiro atoms. The van der Waals surface area contributed by atoms with Crippen molar-refractivity contribution in [2.24, 2.45) is 0 Å².